The van der Waals surface area contributed by atoms with E-state index in [2.05, 4.69) is 15.4 Å². The van der Waals surface area contributed by atoms with Gasteiger partial charge >= 0.3 is 0 Å². The molecule has 1 saturated carbocycles. The summed E-state index contributed by atoms with van der Waals surface area (Å²) in [5.41, 5.74) is 1.29. The maximum atomic E-state index is 13.1. The van der Waals surface area contributed by atoms with Crippen molar-refractivity contribution in [2.24, 2.45) is 0 Å². The van der Waals surface area contributed by atoms with Crippen molar-refractivity contribution in [1.29, 1.82) is 0 Å². The molecule has 1 aromatic carbocycles. The number of hydrogen-bond acceptors (Lipinski definition) is 6. The van der Waals surface area contributed by atoms with Gasteiger partial charge in [0, 0.05) is 32.2 Å². The average Bonchev–Trinajstić information content (AvgIpc) is 3.45. The van der Waals surface area contributed by atoms with Crippen LogP contribution in [0.15, 0.2) is 39.8 Å². The van der Waals surface area contributed by atoms with Gasteiger partial charge in [-0.2, -0.15) is 4.31 Å². The molecule has 2 aromatic rings. The van der Waals surface area contributed by atoms with Gasteiger partial charge in [0.05, 0.1) is 0 Å². The summed E-state index contributed by atoms with van der Waals surface area (Å²) in [7, 11) is -3.67. The van der Waals surface area contributed by atoms with Gasteiger partial charge in [0.25, 0.3) is 0 Å². The average molecular weight is 419 g/mol. The van der Waals surface area contributed by atoms with E-state index in [1.54, 1.807) is 13.8 Å². The molecule has 2 heterocycles. The van der Waals surface area contributed by atoms with Crippen LogP contribution in [0.1, 0.15) is 35.9 Å². The zero-order valence-electron chi connectivity index (χ0n) is 16.7. The van der Waals surface area contributed by atoms with Crippen LogP contribution >= 0.6 is 0 Å². The number of piperazine rings is 1. The molecule has 1 aliphatic heterocycles. The number of benzene rings is 1. The molecule has 1 aromatic heterocycles. The van der Waals surface area contributed by atoms with Crippen molar-refractivity contribution >= 4 is 15.9 Å². The fraction of sp³-hybridized carbons (Fsp3) is 0.500. The summed E-state index contributed by atoms with van der Waals surface area (Å²) in [5, 5.41) is 6.87. The topological polar surface area (TPSA) is 95.8 Å². The summed E-state index contributed by atoms with van der Waals surface area (Å²) in [5.74, 6) is 0.289. The molecule has 2 fully saturated rings. The smallest absolute Gasteiger partial charge is 0.248 e. The zero-order valence-corrected chi connectivity index (χ0v) is 17.5. The molecule has 8 nitrogen and oxygen atoms in total. The highest BCUT2D eigenvalue weighted by molar-refractivity contribution is 7.89. The summed E-state index contributed by atoms with van der Waals surface area (Å²) in [6.45, 7) is 4.81. The fourth-order valence-corrected chi connectivity index (χ4v) is 5.56. The lowest BCUT2D eigenvalue weighted by Gasteiger charge is -2.38. The van der Waals surface area contributed by atoms with Gasteiger partial charge in [-0.25, -0.2) is 8.42 Å². The predicted molar refractivity (Wildman–Crippen MR) is 107 cm³/mol. The molecule has 0 unspecified atom stereocenters. The number of amides is 1. The van der Waals surface area contributed by atoms with Gasteiger partial charge in [-0.05, 0) is 32.3 Å². The number of carbonyl (C=O) groups excluding carboxylic acids is 1. The molecule has 1 saturated heterocycles. The minimum absolute atomic E-state index is 0.0132. The Morgan fingerprint density at radius 2 is 1.79 bits per heavy atom. The Bertz CT molecular complexity index is 958. The minimum Gasteiger partial charge on any atom is -0.360 e. The second-order valence-corrected chi connectivity index (χ2v) is 9.56. The van der Waals surface area contributed by atoms with Gasteiger partial charge in [0.15, 0.2) is 5.76 Å². The van der Waals surface area contributed by atoms with Crippen molar-refractivity contribution in [3.05, 3.63) is 47.3 Å². The number of aryl methyl sites for hydroxylation is 2. The SMILES string of the molecule is Cc1noc(C)c1S(=O)(=O)N1CCN([C@@H](C(=O)NC2CC2)c2ccccc2)CC1. The molecule has 29 heavy (non-hydrogen) atoms. The Hall–Kier alpha value is -2.23. The van der Waals surface area contributed by atoms with Crippen molar-refractivity contribution in [3.63, 3.8) is 0 Å². The first-order valence-electron chi connectivity index (χ1n) is 9.90. The number of nitrogens with one attached hydrogen (secondary N) is 1. The first-order chi connectivity index (χ1) is 13.9. The van der Waals surface area contributed by atoms with Gasteiger partial charge in [0.2, 0.25) is 15.9 Å². The molecular weight excluding hydrogens is 392 g/mol. The second-order valence-electron chi connectivity index (χ2n) is 7.69. The number of rotatable bonds is 6. The molecule has 4 rings (SSSR count). The molecule has 0 radical (unpaired) electrons. The maximum absolute atomic E-state index is 13.1. The van der Waals surface area contributed by atoms with E-state index in [0.717, 1.165) is 18.4 Å². The molecule has 1 N–H and O–H groups in total. The molecule has 2 aliphatic rings. The van der Waals surface area contributed by atoms with Gasteiger partial charge < -0.3 is 9.84 Å². The largest absolute Gasteiger partial charge is 0.360 e. The highest BCUT2D eigenvalue weighted by Crippen LogP contribution is 2.28. The van der Waals surface area contributed by atoms with E-state index in [9.17, 15) is 13.2 Å². The lowest BCUT2D eigenvalue weighted by atomic mass is 10.0. The monoisotopic (exact) mass is 418 g/mol. The van der Waals surface area contributed by atoms with Gasteiger partial charge in [-0.3, -0.25) is 9.69 Å². The maximum Gasteiger partial charge on any atom is 0.248 e. The summed E-state index contributed by atoms with van der Waals surface area (Å²) < 4.78 is 32.6. The Kier molecular flexibility index (Phi) is 5.46. The van der Waals surface area contributed by atoms with Crippen LogP contribution in [0.2, 0.25) is 0 Å². The predicted octanol–water partition coefficient (Wildman–Crippen LogP) is 1.62. The van der Waals surface area contributed by atoms with Gasteiger partial charge in [-0.15, -0.1) is 0 Å². The van der Waals surface area contributed by atoms with Crippen LogP contribution in [0.4, 0.5) is 0 Å². The molecule has 9 heteroatoms. The molecule has 0 spiro atoms. The van der Waals surface area contributed by atoms with Gasteiger partial charge in [0.1, 0.15) is 16.6 Å². The third kappa shape index (κ3) is 4.08. The highest BCUT2D eigenvalue weighted by atomic mass is 32.2. The van der Waals surface area contributed by atoms with E-state index in [1.807, 2.05) is 30.3 Å². The van der Waals surface area contributed by atoms with Crippen molar-refractivity contribution < 1.29 is 17.7 Å². The summed E-state index contributed by atoms with van der Waals surface area (Å²) in [6.07, 6.45) is 2.05. The molecule has 0 bridgehead atoms. The Morgan fingerprint density at radius 3 is 2.34 bits per heavy atom. The summed E-state index contributed by atoms with van der Waals surface area (Å²) >= 11 is 0. The number of hydrogen-bond donors (Lipinski definition) is 1. The van der Waals surface area contributed by atoms with Crippen LogP contribution in [-0.4, -0.2) is 60.9 Å². The lowest BCUT2D eigenvalue weighted by Crippen LogP contribution is -2.52. The zero-order chi connectivity index (χ0) is 20.6. The van der Waals surface area contributed by atoms with Crippen molar-refractivity contribution in [1.82, 2.24) is 19.7 Å². The minimum atomic E-state index is -3.67. The molecule has 1 amide bonds. The summed E-state index contributed by atoms with van der Waals surface area (Å²) in [4.78, 5) is 15.2. The van der Waals surface area contributed by atoms with Crippen LogP contribution in [0.3, 0.4) is 0 Å². The number of carbonyl (C=O) groups is 1. The summed E-state index contributed by atoms with van der Waals surface area (Å²) in [6, 6.07) is 9.52. The Morgan fingerprint density at radius 1 is 1.14 bits per heavy atom. The third-order valence-electron chi connectivity index (χ3n) is 5.49. The van der Waals surface area contributed by atoms with Crippen LogP contribution in [0.5, 0.6) is 0 Å². The first kappa shape index (κ1) is 20.1. The molecule has 156 valence electrons. The molecule has 1 aliphatic carbocycles. The van der Waals surface area contributed by atoms with E-state index < -0.39 is 16.1 Å². The second kappa shape index (κ2) is 7.89. The van der Waals surface area contributed by atoms with Gasteiger partial charge in [-0.1, -0.05) is 35.5 Å². The number of nitrogens with zero attached hydrogens (tertiary/aromatic N) is 3. The number of aromatic nitrogens is 1. The molecular formula is C20H26N4O4S. The van der Waals surface area contributed by atoms with E-state index in [-0.39, 0.29) is 16.8 Å². The third-order valence-corrected chi connectivity index (χ3v) is 7.64. The van der Waals surface area contributed by atoms with E-state index in [1.165, 1.54) is 4.31 Å². The standard InChI is InChI=1S/C20H26N4O4S/c1-14-19(15(2)28-22-14)29(26,27)24-12-10-23(11-13-24)18(16-6-4-3-5-7-16)20(25)21-17-8-9-17/h3-7,17-18H,8-13H2,1-2H3,(H,21,25)/t18-/m1/s1. The van der Waals surface area contributed by atoms with E-state index in [4.69, 9.17) is 4.52 Å². The van der Waals surface area contributed by atoms with E-state index >= 15 is 0 Å². The Labute approximate surface area is 170 Å². The van der Waals surface area contributed by atoms with Crippen LogP contribution in [0.25, 0.3) is 0 Å². The van der Waals surface area contributed by atoms with Crippen LogP contribution in [0, 0.1) is 13.8 Å². The Balaban J connectivity index is 1.51. The normalized spacial score (nSPS) is 19.8. The molecule has 1 atom stereocenters. The van der Waals surface area contributed by atoms with Crippen LogP contribution < -0.4 is 5.32 Å². The highest BCUT2D eigenvalue weighted by Gasteiger charge is 2.37. The van der Waals surface area contributed by atoms with E-state index in [0.29, 0.717) is 37.6 Å². The van der Waals surface area contributed by atoms with Crippen molar-refractivity contribution in [2.75, 3.05) is 26.2 Å². The fourth-order valence-electron chi connectivity index (χ4n) is 3.85. The number of sulfonamides is 1. The van der Waals surface area contributed by atoms with Crippen molar-refractivity contribution in [3.8, 4) is 0 Å². The first-order valence-corrected chi connectivity index (χ1v) is 11.3. The van der Waals surface area contributed by atoms with Crippen LogP contribution in [-0.2, 0) is 14.8 Å². The van der Waals surface area contributed by atoms with Crippen molar-refractivity contribution in [2.45, 2.75) is 43.7 Å². The quantitative estimate of drug-likeness (QED) is 0.766. The lowest BCUT2D eigenvalue weighted by molar-refractivity contribution is -0.127.